The van der Waals surface area contributed by atoms with Crippen LogP contribution in [0.4, 0.5) is 20.5 Å². The van der Waals surface area contributed by atoms with Crippen LogP contribution in [0, 0.1) is 5.92 Å². The fourth-order valence-corrected chi connectivity index (χ4v) is 3.99. The van der Waals surface area contributed by atoms with E-state index in [-0.39, 0.29) is 0 Å². The van der Waals surface area contributed by atoms with Crippen LogP contribution in [-0.2, 0) is 4.74 Å². The first-order chi connectivity index (χ1) is 15.2. The van der Waals surface area contributed by atoms with Crippen LogP contribution < -0.4 is 15.5 Å². The summed E-state index contributed by atoms with van der Waals surface area (Å²) in [4.78, 5) is 16.1. The maximum Gasteiger partial charge on any atom is 0.333 e. The van der Waals surface area contributed by atoms with Crippen molar-refractivity contribution in [2.75, 3.05) is 56.2 Å². The first kappa shape index (κ1) is 20.1. The van der Waals surface area contributed by atoms with Crippen LogP contribution in [0.5, 0.6) is 0 Å². The molecule has 5 heterocycles. The molecular formula is C19H25F2N9O. The number of piperidine rings is 1. The Morgan fingerprint density at radius 2 is 2.00 bits per heavy atom. The molecule has 0 saturated carbocycles. The van der Waals surface area contributed by atoms with Crippen LogP contribution in [0.3, 0.4) is 0 Å². The number of hydrogen-bond donors (Lipinski definition) is 2. The van der Waals surface area contributed by atoms with Crippen LogP contribution in [-0.4, -0.2) is 75.2 Å². The van der Waals surface area contributed by atoms with Gasteiger partial charge in [0.15, 0.2) is 17.0 Å². The Kier molecular flexibility index (Phi) is 5.64. The zero-order valence-electron chi connectivity index (χ0n) is 17.0. The average molecular weight is 433 g/mol. The van der Waals surface area contributed by atoms with Gasteiger partial charge >= 0.3 is 6.55 Å². The number of rotatable bonds is 6. The Morgan fingerprint density at radius 3 is 2.74 bits per heavy atom. The van der Waals surface area contributed by atoms with E-state index in [9.17, 15) is 8.78 Å². The van der Waals surface area contributed by atoms with Gasteiger partial charge in [0, 0.05) is 19.6 Å². The molecule has 31 heavy (non-hydrogen) atoms. The van der Waals surface area contributed by atoms with Crippen molar-refractivity contribution in [3.63, 3.8) is 0 Å². The van der Waals surface area contributed by atoms with Gasteiger partial charge in [-0.1, -0.05) is 0 Å². The summed E-state index contributed by atoms with van der Waals surface area (Å²) in [6, 6.07) is 0. The minimum Gasteiger partial charge on any atom is -0.378 e. The molecule has 3 aromatic heterocycles. The van der Waals surface area contributed by atoms with Gasteiger partial charge in [-0.05, 0) is 31.8 Å². The summed E-state index contributed by atoms with van der Waals surface area (Å²) in [5.74, 6) is 1.79. The van der Waals surface area contributed by atoms with Crippen molar-refractivity contribution in [2.45, 2.75) is 19.4 Å². The Labute approximate surface area is 177 Å². The number of alkyl halides is 2. The monoisotopic (exact) mass is 433 g/mol. The van der Waals surface area contributed by atoms with Crippen molar-refractivity contribution in [3.05, 3.63) is 18.7 Å². The lowest BCUT2D eigenvalue weighted by Crippen LogP contribution is -2.37. The van der Waals surface area contributed by atoms with Gasteiger partial charge < -0.3 is 20.3 Å². The summed E-state index contributed by atoms with van der Waals surface area (Å²) < 4.78 is 33.7. The molecule has 3 aromatic rings. The number of fused-ring (bicyclic) bond motifs is 1. The second-order valence-electron chi connectivity index (χ2n) is 7.79. The van der Waals surface area contributed by atoms with E-state index >= 15 is 0 Å². The molecule has 5 rings (SSSR count). The Bertz CT molecular complexity index is 1020. The lowest BCUT2D eigenvalue weighted by Gasteiger charge is -2.27. The topological polar surface area (TPSA) is 98.0 Å². The SMILES string of the molecule is FC(F)n1cc(-n2cnc3c(NCC4CCNCC4)nc(N4CCOCC4)nc32)cn1. The largest absolute Gasteiger partial charge is 0.378 e. The fourth-order valence-electron chi connectivity index (χ4n) is 3.99. The van der Waals surface area contributed by atoms with E-state index < -0.39 is 6.55 Å². The molecule has 10 nitrogen and oxygen atoms in total. The molecule has 0 unspecified atom stereocenters. The number of aromatic nitrogens is 6. The number of ether oxygens (including phenoxy) is 1. The van der Waals surface area contributed by atoms with Crippen LogP contribution in [0.25, 0.3) is 16.9 Å². The van der Waals surface area contributed by atoms with E-state index in [1.807, 2.05) is 0 Å². The van der Waals surface area contributed by atoms with Crippen molar-refractivity contribution < 1.29 is 13.5 Å². The van der Waals surface area contributed by atoms with Gasteiger partial charge in [0.05, 0.1) is 31.3 Å². The van der Waals surface area contributed by atoms with E-state index in [2.05, 4.69) is 25.6 Å². The molecule has 2 fully saturated rings. The number of morpholine rings is 1. The Balaban J connectivity index is 1.51. The van der Waals surface area contributed by atoms with E-state index in [4.69, 9.17) is 14.7 Å². The zero-order valence-corrected chi connectivity index (χ0v) is 17.0. The smallest absolute Gasteiger partial charge is 0.333 e. The molecule has 0 aliphatic carbocycles. The van der Waals surface area contributed by atoms with Crippen LogP contribution in [0.15, 0.2) is 18.7 Å². The zero-order chi connectivity index (χ0) is 21.2. The minimum atomic E-state index is -2.70. The van der Waals surface area contributed by atoms with Gasteiger partial charge in [0.2, 0.25) is 5.95 Å². The summed E-state index contributed by atoms with van der Waals surface area (Å²) in [6.07, 6.45) is 6.46. The van der Waals surface area contributed by atoms with E-state index in [1.165, 1.54) is 12.4 Å². The highest BCUT2D eigenvalue weighted by Gasteiger charge is 2.21. The van der Waals surface area contributed by atoms with Gasteiger partial charge in [-0.25, -0.2) is 9.67 Å². The second kappa shape index (κ2) is 8.71. The maximum absolute atomic E-state index is 13.0. The quantitative estimate of drug-likeness (QED) is 0.606. The Morgan fingerprint density at radius 1 is 1.19 bits per heavy atom. The third-order valence-electron chi connectivity index (χ3n) is 5.76. The molecule has 12 heteroatoms. The van der Waals surface area contributed by atoms with Crippen molar-refractivity contribution in [1.82, 2.24) is 34.6 Å². The third-order valence-corrected chi connectivity index (χ3v) is 5.76. The molecule has 2 N–H and O–H groups in total. The summed E-state index contributed by atoms with van der Waals surface area (Å²) in [5.41, 5.74) is 1.63. The molecule has 0 atom stereocenters. The van der Waals surface area contributed by atoms with Gasteiger partial charge in [-0.2, -0.15) is 23.8 Å². The number of anilines is 2. The van der Waals surface area contributed by atoms with Gasteiger partial charge in [0.1, 0.15) is 6.33 Å². The van der Waals surface area contributed by atoms with E-state index in [1.54, 1.807) is 10.9 Å². The molecule has 2 aliphatic rings. The predicted molar refractivity (Wildman–Crippen MR) is 111 cm³/mol. The van der Waals surface area contributed by atoms with Gasteiger partial charge in [0.25, 0.3) is 0 Å². The third kappa shape index (κ3) is 4.17. The highest BCUT2D eigenvalue weighted by atomic mass is 19.3. The molecule has 0 amide bonds. The molecule has 0 spiro atoms. The van der Waals surface area contributed by atoms with Gasteiger partial charge in [-0.3, -0.25) is 4.57 Å². The molecule has 0 aromatic carbocycles. The highest BCUT2D eigenvalue weighted by Crippen LogP contribution is 2.26. The molecular weight excluding hydrogens is 408 g/mol. The molecule has 166 valence electrons. The summed E-state index contributed by atoms with van der Waals surface area (Å²) in [5, 5.41) is 10.6. The first-order valence-corrected chi connectivity index (χ1v) is 10.5. The van der Waals surface area contributed by atoms with Crippen molar-refractivity contribution >= 4 is 22.9 Å². The molecule has 0 bridgehead atoms. The first-order valence-electron chi connectivity index (χ1n) is 10.5. The highest BCUT2D eigenvalue weighted by molar-refractivity contribution is 5.85. The lowest BCUT2D eigenvalue weighted by atomic mass is 9.98. The summed E-state index contributed by atoms with van der Waals surface area (Å²) in [6.45, 7) is 2.74. The van der Waals surface area contributed by atoms with Crippen LogP contribution in [0.1, 0.15) is 19.4 Å². The van der Waals surface area contributed by atoms with E-state index in [0.29, 0.717) is 65.5 Å². The van der Waals surface area contributed by atoms with Gasteiger partial charge in [-0.15, -0.1) is 0 Å². The number of hydrogen-bond acceptors (Lipinski definition) is 8. The fraction of sp³-hybridized carbons (Fsp3) is 0.579. The average Bonchev–Trinajstić information content (AvgIpc) is 3.46. The van der Waals surface area contributed by atoms with Crippen molar-refractivity contribution in [3.8, 4) is 5.69 Å². The standard InChI is InChI=1S/C19H25F2N9O/c20-18(21)30-11-14(10-25-30)29-12-24-15-16(23-9-13-1-3-22-4-2-13)26-19(27-17(15)29)28-5-7-31-8-6-28/h10-13,18,22H,1-9H2,(H,23,26,27). The van der Waals surface area contributed by atoms with Crippen LogP contribution >= 0.6 is 0 Å². The molecule has 2 aliphatic heterocycles. The number of halogens is 2. The second-order valence-corrected chi connectivity index (χ2v) is 7.79. The predicted octanol–water partition coefficient (Wildman–Crippen LogP) is 1.66. The number of imidazole rings is 1. The lowest BCUT2D eigenvalue weighted by molar-refractivity contribution is 0.0566. The molecule has 2 saturated heterocycles. The number of nitrogens with zero attached hydrogens (tertiary/aromatic N) is 7. The van der Waals surface area contributed by atoms with Crippen molar-refractivity contribution in [1.29, 1.82) is 0 Å². The Hall–Kier alpha value is -2.86. The molecule has 0 radical (unpaired) electrons. The summed E-state index contributed by atoms with van der Waals surface area (Å²) >= 11 is 0. The summed E-state index contributed by atoms with van der Waals surface area (Å²) in [7, 11) is 0. The van der Waals surface area contributed by atoms with E-state index in [0.717, 1.165) is 32.5 Å². The van der Waals surface area contributed by atoms with Crippen molar-refractivity contribution in [2.24, 2.45) is 5.92 Å². The number of nitrogens with one attached hydrogen (secondary N) is 2. The maximum atomic E-state index is 13.0. The van der Waals surface area contributed by atoms with Crippen LogP contribution in [0.2, 0.25) is 0 Å². The normalized spacial score (nSPS) is 18.2. The minimum absolute atomic E-state index is 0.471.